The van der Waals surface area contributed by atoms with E-state index in [1.54, 1.807) is 0 Å². The van der Waals surface area contributed by atoms with Crippen LogP contribution in [-0.4, -0.2) is 43.2 Å². The summed E-state index contributed by atoms with van der Waals surface area (Å²) >= 11 is 6.03. The Kier molecular flexibility index (Phi) is 4.64. The highest BCUT2D eigenvalue weighted by molar-refractivity contribution is 6.31. The first-order valence-electron chi connectivity index (χ1n) is 6.26. The fourth-order valence-corrected chi connectivity index (χ4v) is 2.15. The van der Waals surface area contributed by atoms with Gasteiger partial charge in [-0.1, -0.05) is 17.7 Å². The van der Waals surface area contributed by atoms with E-state index in [0.29, 0.717) is 0 Å². The molecule has 0 aliphatic rings. The maximum atomic E-state index is 6.03. The topological polar surface area (TPSA) is 20.2 Å². The predicted octanol–water partition coefficient (Wildman–Crippen LogP) is 2.45. The van der Waals surface area contributed by atoms with Crippen molar-refractivity contribution in [2.45, 2.75) is 6.54 Å². The van der Waals surface area contributed by atoms with E-state index in [9.17, 15) is 0 Å². The summed E-state index contributed by atoms with van der Waals surface area (Å²) in [5.41, 5.74) is 1.21. The van der Waals surface area contributed by atoms with Crippen molar-refractivity contribution >= 4 is 22.5 Å². The van der Waals surface area contributed by atoms with E-state index in [-0.39, 0.29) is 0 Å². The standard InChI is InChI=1S/C14H20ClN3/c1-17(2)9-6-16-7-10-18-8-5-12-3-4-13(15)11-14(12)18/h3-5,8,11,16H,6-7,9-10H2,1-2H3. The molecule has 0 unspecified atom stereocenters. The summed E-state index contributed by atoms with van der Waals surface area (Å²) in [5.74, 6) is 0. The number of hydrogen-bond acceptors (Lipinski definition) is 2. The molecule has 0 amide bonds. The molecule has 2 rings (SSSR count). The SMILES string of the molecule is CN(C)CCNCCn1ccc2ccc(Cl)cc21. The van der Waals surface area contributed by atoms with Gasteiger partial charge in [0.1, 0.15) is 0 Å². The number of likely N-dealkylation sites (N-methyl/N-ethyl adjacent to an activating group) is 1. The molecular weight excluding hydrogens is 246 g/mol. The van der Waals surface area contributed by atoms with Crippen LogP contribution in [0.4, 0.5) is 0 Å². The zero-order valence-corrected chi connectivity index (χ0v) is 11.7. The summed E-state index contributed by atoms with van der Waals surface area (Å²) in [5, 5.41) is 5.48. The third-order valence-corrected chi connectivity index (χ3v) is 3.24. The molecule has 4 heteroatoms. The fourth-order valence-electron chi connectivity index (χ4n) is 1.98. The number of hydrogen-bond donors (Lipinski definition) is 1. The van der Waals surface area contributed by atoms with Gasteiger partial charge < -0.3 is 14.8 Å². The van der Waals surface area contributed by atoms with Crippen molar-refractivity contribution in [2.24, 2.45) is 0 Å². The van der Waals surface area contributed by atoms with E-state index < -0.39 is 0 Å². The average Bonchev–Trinajstić information content (AvgIpc) is 2.71. The lowest BCUT2D eigenvalue weighted by Crippen LogP contribution is -2.28. The lowest BCUT2D eigenvalue weighted by atomic mass is 10.2. The first-order chi connectivity index (χ1) is 8.66. The van der Waals surface area contributed by atoms with Gasteiger partial charge in [-0.3, -0.25) is 0 Å². The van der Waals surface area contributed by atoms with Crippen molar-refractivity contribution in [1.82, 2.24) is 14.8 Å². The highest BCUT2D eigenvalue weighted by Crippen LogP contribution is 2.20. The Hall–Kier alpha value is -1.03. The van der Waals surface area contributed by atoms with Crippen molar-refractivity contribution in [2.75, 3.05) is 33.7 Å². The quantitative estimate of drug-likeness (QED) is 0.810. The van der Waals surface area contributed by atoms with Crippen molar-refractivity contribution in [3.8, 4) is 0 Å². The van der Waals surface area contributed by atoms with Crippen LogP contribution in [0, 0.1) is 0 Å². The number of aromatic nitrogens is 1. The van der Waals surface area contributed by atoms with Crippen molar-refractivity contribution in [3.63, 3.8) is 0 Å². The van der Waals surface area contributed by atoms with Crippen LogP contribution in [0.2, 0.25) is 5.02 Å². The van der Waals surface area contributed by atoms with Crippen LogP contribution in [0.1, 0.15) is 0 Å². The maximum Gasteiger partial charge on any atom is 0.0495 e. The molecule has 0 saturated carbocycles. The van der Waals surface area contributed by atoms with Gasteiger partial charge in [-0.15, -0.1) is 0 Å². The molecule has 0 bridgehead atoms. The van der Waals surface area contributed by atoms with Crippen molar-refractivity contribution < 1.29 is 0 Å². The number of nitrogens with zero attached hydrogens (tertiary/aromatic N) is 2. The molecule has 1 N–H and O–H groups in total. The van der Waals surface area contributed by atoms with Gasteiger partial charge in [-0.05, 0) is 37.7 Å². The summed E-state index contributed by atoms with van der Waals surface area (Å²) in [6, 6.07) is 8.15. The molecule has 18 heavy (non-hydrogen) atoms. The molecule has 1 heterocycles. The molecule has 0 aliphatic heterocycles. The van der Waals surface area contributed by atoms with Crippen LogP contribution in [0.5, 0.6) is 0 Å². The van der Waals surface area contributed by atoms with Crippen LogP contribution in [-0.2, 0) is 6.54 Å². The monoisotopic (exact) mass is 265 g/mol. The second-order valence-electron chi connectivity index (χ2n) is 4.77. The number of halogens is 1. The van der Waals surface area contributed by atoms with E-state index in [4.69, 9.17) is 11.6 Å². The molecule has 0 atom stereocenters. The molecule has 0 saturated heterocycles. The molecule has 1 aromatic carbocycles. The minimum Gasteiger partial charge on any atom is -0.346 e. The van der Waals surface area contributed by atoms with E-state index in [2.05, 4.69) is 47.2 Å². The Morgan fingerprint density at radius 2 is 2.06 bits per heavy atom. The predicted molar refractivity (Wildman–Crippen MR) is 78.4 cm³/mol. The molecule has 98 valence electrons. The lowest BCUT2D eigenvalue weighted by Gasteiger charge is -2.11. The second kappa shape index (κ2) is 6.23. The summed E-state index contributed by atoms with van der Waals surface area (Å²) in [7, 11) is 4.17. The molecule has 0 aliphatic carbocycles. The van der Waals surface area contributed by atoms with E-state index in [1.807, 2.05) is 12.1 Å². The Morgan fingerprint density at radius 1 is 1.22 bits per heavy atom. The van der Waals surface area contributed by atoms with Gasteiger partial charge in [0.2, 0.25) is 0 Å². The summed E-state index contributed by atoms with van der Waals surface area (Å²) < 4.78 is 2.24. The molecule has 0 radical (unpaired) electrons. The van der Waals surface area contributed by atoms with Crippen molar-refractivity contribution in [1.29, 1.82) is 0 Å². The summed E-state index contributed by atoms with van der Waals surface area (Å²) in [6.07, 6.45) is 2.12. The fraction of sp³-hybridized carbons (Fsp3) is 0.429. The first kappa shape index (κ1) is 13.4. The molecular formula is C14H20ClN3. The Labute approximate surface area is 113 Å². The van der Waals surface area contributed by atoms with Gasteiger partial charge in [0.25, 0.3) is 0 Å². The molecule has 1 aromatic heterocycles. The van der Waals surface area contributed by atoms with Crippen LogP contribution in [0.15, 0.2) is 30.5 Å². The van der Waals surface area contributed by atoms with E-state index in [1.165, 1.54) is 10.9 Å². The van der Waals surface area contributed by atoms with Gasteiger partial charge in [0.15, 0.2) is 0 Å². The normalized spacial score (nSPS) is 11.6. The Bertz CT molecular complexity index is 505. The smallest absolute Gasteiger partial charge is 0.0495 e. The Morgan fingerprint density at radius 3 is 2.83 bits per heavy atom. The number of nitrogens with one attached hydrogen (secondary N) is 1. The average molecular weight is 266 g/mol. The Balaban J connectivity index is 1.89. The molecule has 0 fully saturated rings. The molecule has 0 spiro atoms. The van der Waals surface area contributed by atoms with Crippen LogP contribution in [0.25, 0.3) is 10.9 Å². The highest BCUT2D eigenvalue weighted by Gasteiger charge is 2.01. The largest absolute Gasteiger partial charge is 0.346 e. The van der Waals surface area contributed by atoms with E-state index >= 15 is 0 Å². The van der Waals surface area contributed by atoms with Gasteiger partial charge in [-0.2, -0.15) is 0 Å². The lowest BCUT2D eigenvalue weighted by molar-refractivity contribution is 0.398. The summed E-state index contributed by atoms with van der Waals surface area (Å²) in [6.45, 7) is 4.03. The minimum absolute atomic E-state index is 0.794. The van der Waals surface area contributed by atoms with Gasteiger partial charge in [0, 0.05) is 42.9 Å². The van der Waals surface area contributed by atoms with Crippen molar-refractivity contribution in [3.05, 3.63) is 35.5 Å². The minimum atomic E-state index is 0.794. The second-order valence-corrected chi connectivity index (χ2v) is 5.20. The zero-order chi connectivity index (χ0) is 13.0. The zero-order valence-electron chi connectivity index (χ0n) is 11.0. The number of benzene rings is 1. The van der Waals surface area contributed by atoms with E-state index in [0.717, 1.165) is 31.2 Å². The molecule has 3 nitrogen and oxygen atoms in total. The third kappa shape index (κ3) is 3.48. The number of fused-ring (bicyclic) bond motifs is 1. The van der Waals surface area contributed by atoms with Gasteiger partial charge in [0.05, 0.1) is 0 Å². The highest BCUT2D eigenvalue weighted by atomic mass is 35.5. The van der Waals surface area contributed by atoms with Gasteiger partial charge >= 0.3 is 0 Å². The molecule has 2 aromatic rings. The van der Waals surface area contributed by atoms with Gasteiger partial charge in [-0.25, -0.2) is 0 Å². The third-order valence-electron chi connectivity index (χ3n) is 3.00. The van der Waals surface area contributed by atoms with Crippen LogP contribution >= 0.6 is 11.6 Å². The van der Waals surface area contributed by atoms with Crippen LogP contribution in [0.3, 0.4) is 0 Å². The van der Waals surface area contributed by atoms with Crippen LogP contribution < -0.4 is 5.32 Å². The number of rotatable bonds is 6. The maximum absolute atomic E-state index is 6.03. The summed E-state index contributed by atoms with van der Waals surface area (Å²) in [4.78, 5) is 2.18. The first-order valence-corrected chi connectivity index (χ1v) is 6.64.